The van der Waals surface area contributed by atoms with Crippen LogP contribution in [0.4, 0.5) is 0 Å². The van der Waals surface area contributed by atoms with Crippen LogP contribution in [0.1, 0.15) is 40.5 Å². The molecule has 2 rings (SSSR count). The summed E-state index contributed by atoms with van der Waals surface area (Å²) in [4.78, 5) is 5.37. The second-order valence-electron chi connectivity index (χ2n) is 7.01. The third-order valence-corrected chi connectivity index (χ3v) is 5.66. The minimum Gasteiger partial charge on any atom is -0.316 e. The van der Waals surface area contributed by atoms with Crippen molar-refractivity contribution < 1.29 is 0 Å². The molecule has 3 nitrogen and oxygen atoms in total. The fraction of sp³-hybridized carbons (Fsp3) is 1.00. The summed E-state index contributed by atoms with van der Waals surface area (Å²) < 4.78 is 0. The lowest BCUT2D eigenvalue weighted by Gasteiger charge is -2.43. The highest BCUT2D eigenvalue weighted by atomic mass is 15.3. The van der Waals surface area contributed by atoms with Gasteiger partial charge in [-0.05, 0) is 37.6 Å². The zero-order valence-electron chi connectivity index (χ0n) is 13.4. The highest BCUT2D eigenvalue weighted by molar-refractivity contribution is 4.93. The van der Waals surface area contributed by atoms with Gasteiger partial charge in [0.15, 0.2) is 0 Å². The molecule has 0 bridgehead atoms. The molecule has 2 unspecified atom stereocenters. The first-order chi connectivity index (χ1) is 9.07. The predicted molar refractivity (Wildman–Crippen MR) is 82.5 cm³/mol. The SMILES string of the molecule is CCC(C)N1CCN(CC2(C(C)C)CCNC2)CC1. The molecule has 0 aromatic rings. The minimum atomic E-state index is 0.526. The number of nitrogens with zero attached hydrogens (tertiary/aromatic N) is 2. The maximum absolute atomic E-state index is 3.58. The van der Waals surface area contributed by atoms with Gasteiger partial charge < -0.3 is 10.2 Å². The molecule has 2 heterocycles. The summed E-state index contributed by atoms with van der Waals surface area (Å²) in [5, 5.41) is 3.58. The number of hydrogen-bond acceptors (Lipinski definition) is 3. The molecule has 0 saturated carbocycles. The van der Waals surface area contributed by atoms with E-state index in [2.05, 4.69) is 42.8 Å². The van der Waals surface area contributed by atoms with E-state index in [1.165, 1.54) is 58.7 Å². The zero-order valence-corrected chi connectivity index (χ0v) is 13.4. The van der Waals surface area contributed by atoms with Gasteiger partial charge in [-0.3, -0.25) is 4.90 Å². The summed E-state index contributed by atoms with van der Waals surface area (Å²) in [6, 6.07) is 0.759. The van der Waals surface area contributed by atoms with Gasteiger partial charge in [-0.25, -0.2) is 0 Å². The molecule has 2 atom stereocenters. The Morgan fingerprint density at radius 2 is 1.79 bits per heavy atom. The summed E-state index contributed by atoms with van der Waals surface area (Å²) in [5.74, 6) is 0.787. The van der Waals surface area contributed by atoms with Crippen molar-refractivity contribution in [2.24, 2.45) is 11.3 Å². The number of rotatable bonds is 5. The van der Waals surface area contributed by atoms with Crippen LogP contribution in [0.5, 0.6) is 0 Å². The molecule has 0 aromatic carbocycles. The highest BCUT2D eigenvalue weighted by Gasteiger charge is 2.38. The Morgan fingerprint density at radius 1 is 1.11 bits per heavy atom. The van der Waals surface area contributed by atoms with Crippen LogP contribution in [0.15, 0.2) is 0 Å². The van der Waals surface area contributed by atoms with Crippen LogP contribution < -0.4 is 5.32 Å². The van der Waals surface area contributed by atoms with Crippen molar-refractivity contribution >= 4 is 0 Å². The quantitative estimate of drug-likeness (QED) is 0.822. The summed E-state index contributed by atoms with van der Waals surface area (Å²) in [6.45, 7) is 18.3. The summed E-state index contributed by atoms with van der Waals surface area (Å²) in [5.41, 5.74) is 0.526. The first kappa shape index (κ1) is 15.3. The van der Waals surface area contributed by atoms with E-state index in [4.69, 9.17) is 0 Å². The van der Waals surface area contributed by atoms with E-state index < -0.39 is 0 Å². The van der Waals surface area contributed by atoms with Crippen molar-refractivity contribution in [3.05, 3.63) is 0 Å². The monoisotopic (exact) mass is 267 g/mol. The van der Waals surface area contributed by atoms with Crippen LogP contribution in [0.2, 0.25) is 0 Å². The Morgan fingerprint density at radius 3 is 2.26 bits per heavy atom. The molecule has 0 spiro atoms. The van der Waals surface area contributed by atoms with Crippen LogP contribution in [0.25, 0.3) is 0 Å². The van der Waals surface area contributed by atoms with Crippen LogP contribution in [0, 0.1) is 11.3 Å². The summed E-state index contributed by atoms with van der Waals surface area (Å²) in [6.07, 6.45) is 2.64. The molecule has 1 N–H and O–H groups in total. The first-order valence-electron chi connectivity index (χ1n) is 8.24. The molecular weight excluding hydrogens is 234 g/mol. The van der Waals surface area contributed by atoms with Gasteiger partial charge in [0.25, 0.3) is 0 Å². The second kappa shape index (κ2) is 6.55. The third kappa shape index (κ3) is 3.50. The number of piperazine rings is 1. The van der Waals surface area contributed by atoms with Crippen LogP contribution in [0.3, 0.4) is 0 Å². The van der Waals surface area contributed by atoms with Crippen molar-refractivity contribution in [1.82, 2.24) is 15.1 Å². The summed E-state index contributed by atoms with van der Waals surface area (Å²) in [7, 11) is 0. The first-order valence-corrected chi connectivity index (χ1v) is 8.24. The second-order valence-corrected chi connectivity index (χ2v) is 7.01. The molecule has 0 aliphatic carbocycles. The molecule has 2 saturated heterocycles. The maximum atomic E-state index is 3.58. The molecule has 0 aromatic heterocycles. The van der Waals surface area contributed by atoms with Gasteiger partial charge in [-0.2, -0.15) is 0 Å². The van der Waals surface area contributed by atoms with Crippen molar-refractivity contribution in [1.29, 1.82) is 0 Å². The van der Waals surface area contributed by atoms with E-state index in [-0.39, 0.29) is 0 Å². The van der Waals surface area contributed by atoms with Gasteiger partial charge in [0.05, 0.1) is 0 Å². The standard InChI is InChI=1S/C16H33N3/c1-5-15(4)19-10-8-18(9-11-19)13-16(14(2)3)6-7-17-12-16/h14-15,17H,5-13H2,1-4H3. The largest absolute Gasteiger partial charge is 0.316 e. The fourth-order valence-corrected chi connectivity index (χ4v) is 3.64. The van der Waals surface area contributed by atoms with E-state index >= 15 is 0 Å². The van der Waals surface area contributed by atoms with Gasteiger partial charge >= 0.3 is 0 Å². The molecule has 2 aliphatic heterocycles. The lowest BCUT2D eigenvalue weighted by atomic mass is 9.76. The average Bonchev–Trinajstić information content (AvgIpc) is 2.88. The van der Waals surface area contributed by atoms with E-state index in [1.54, 1.807) is 0 Å². The van der Waals surface area contributed by atoms with Crippen molar-refractivity contribution in [2.75, 3.05) is 45.8 Å². The van der Waals surface area contributed by atoms with E-state index in [9.17, 15) is 0 Å². The Balaban J connectivity index is 1.84. The Bertz CT molecular complexity index is 263. The van der Waals surface area contributed by atoms with Crippen LogP contribution in [-0.2, 0) is 0 Å². The van der Waals surface area contributed by atoms with E-state index in [0.29, 0.717) is 5.41 Å². The molecule has 0 amide bonds. The number of nitrogens with one attached hydrogen (secondary N) is 1. The zero-order chi connectivity index (χ0) is 13.9. The minimum absolute atomic E-state index is 0.526. The smallest absolute Gasteiger partial charge is 0.0113 e. The van der Waals surface area contributed by atoms with Gasteiger partial charge in [0.1, 0.15) is 0 Å². The normalized spacial score (nSPS) is 32.1. The number of hydrogen-bond donors (Lipinski definition) is 1. The van der Waals surface area contributed by atoms with Gasteiger partial charge in [-0.15, -0.1) is 0 Å². The van der Waals surface area contributed by atoms with Crippen molar-refractivity contribution in [2.45, 2.75) is 46.6 Å². The Kier molecular flexibility index (Phi) is 5.27. The Hall–Kier alpha value is -0.120. The lowest BCUT2D eigenvalue weighted by Crippen LogP contribution is -2.53. The van der Waals surface area contributed by atoms with Crippen LogP contribution >= 0.6 is 0 Å². The molecule has 0 radical (unpaired) electrons. The van der Waals surface area contributed by atoms with Crippen molar-refractivity contribution in [3.63, 3.8) is 0 Å². The van der Waals surface area contributed by atoms with Gasteiger partial charge in [0, 0.05) is 45.3 Å². The van der Waals surface area contributed by atoms with E-state index in [1.807, 2.05) is 0 Å². The van der Waals surface area contributed by atoms with E-state index in [0.717, 1.165) is 12.0 Å². The molecule has 2 fully saturated rings. The summed E-state index contributed by atoms with van der Waals surface area (Å²) >= 11 is 0. The maximum Gasteiger partial charge on any atom is 0.0113 e. The molecular formula is C16H33N3. The topological polar surface area (TPSA) is 18.5 Å². The molecule has 3 heteroatoms. The van der Waals surface area contributed by atoms with Crippen molar-refractivity contribution in [3.8, 4) is 0 Å². The van der Waals surface area contributed by atoms with Gasteiger partial charge in [0.2, 0.25) is 0 Å². The molecule has 112 valence electrons. The average molecular weight is 267 g/mol. The highest BCUT2D eigenvalue weighted by Crippen LogP contribution is 2.35. The third-order valence-electron chi connectivity index (χ3n) is 5.66. The molecule has 2 aliphatic rings. The molecule has 19 heavy (non-hydrogen) atoms. The van der Waals surface area contributed by atoms with Gasteiger partial charge in [-0.1, -0.05) is 20.8 Å². The van der Waals surface area contributed by atoms with Crippen LogP contribution in [-0.4, -0.2) is 61.7 Å². The fourth-order valence-electron chi connectivity index (χ4n) is 3.64. The Labute approximate surface area is 119 Å². The lowest BCUT2D eigenvalue weighted by molar-refractivity contribution is 0.0545. The predicted octanol–water partition coefficient (Wildman–Crippen LogP) is 2.04.